The molecule has 0 heterocycles. The van der Waals surface area contributed by atoms with Gasteiger partial charge in [-0.05, 0) is 37.3 Å². The summed E-state index contributed by atoms with van der Waals surface area (Å²) in [5.41, 5.74) is 2.26. The van der Waals surface area contributed by atoms with E-state index in [1.165, 1.54) is 6.92 Å². The van der Waals surface area contributed by atoms with Gasteiger partial charge in [-0.1, -0.05) is 72.8 Å². The van der Waals surface area contributed by atoms with E-state index >= 15 is 0 Å². The Balaban J connectivity index is 1.75. The molecule has 0 fully saturated rings. The predicted octanol–water partition coefficient (Wildman–Crippen LogP) is 5.15. The van der Waals surface area contributed by atoms with Gasteiger partial charge in [-0.15, -0.1) is 0 Å². The lowest BCUT2D eigenvalue weighted by molar-refractivity contribution is -0.145. The smallest absolute Gasteiger partial charge is 0.313 e. The van der Waals surface area contributed by atoms with Crippen molar-refractivity contribution in [3.05, 3.63) is 77.9 Å². The number of esters is 1. The number of ketones is 1. The number of benzene rings is 2. The number of carbonyl (C=O) groups is 2. The van der Waals surface area contributed by atoms with Crippen LogP contribution in [0.25, 0.3) is 6.08 Å². The third-order valence-corrected chi connectivity index (χ3v) is 4.13. The van der Waals surface area contributed by atoms with Crippen molar-refractivity contribution in [1.82, 2.24) is 0 Å². The first kappa shape index (κ1) is 21.6. The second-order valence-corrected chi connectivity index (χ2v) is 6.63. The highest BCUT2D eigenvalue weighted by Crippen LogP contribution is 2.20. The van der Waals surface area contributed by atoms with E-state index in [1.807, 2.05) is 36.4 Å². The van der Waals surface area contributed by atoms with Gasteiger partial charge in [0.1, 0.15) is 18.3 Å². The summed E-state index contributed by atoms with van der Waals surface area (Å²) >= 11 is 0. The summed E-state index contributed by atoms with van der Waals surface area (Å²) in [7, 11) is 0. The zero-order chi connectivity index (χ0) is 20.0. The molecule has 0 spiro atoms. The summed E-state index contributed by atoms with van der Waals surface area (Å²) in [4.78, 5) is 22.1. The average molecular weight is 380 g/mol. The summed E-state index contributed by atoms with van der Waals surface area (Å²) in [6.07, 6.45) is 6.46. The number of unbranched alkanes of at least 4 members (excludes halogenated alkanes) is 2. The largest absolute Gasteiger partial charge is 0.465 e. The van der Waals surface area contributed by atoms with E-state index < -0.39 is 5.97 Å². The van der Waals surface area contributed by atoms with Gasteiger partial charge in [0.25, 0.3) is 0 Å². The van der Waals surface area contributed by atoms with Crippen molar-refractivity contribution >= 4 is 17.8 Å². The molecule has 0 radical (unpaired) electrons. The zero-order valence-electron chi connectivity index (χ0n) is 16.4. The fourth-order valence-corrected chi connectivity index (χ4v) is 2.70. The molecule has 4 heteroatoms. The molecule has 4 nitrogen and oxygen atoms in total. The van der Waals surface area contributed by atoms with Gasteiger partial charge in [0, 0.05) is 6.61 Å². The van der Waals surface area contributed by atoms with Crippen LogP contribution in [0.2, 0.25) is 0 Å². The van der Waals surface area contributed by atoms with Crippen molar-refractivity contribution in [3.63, 3.8) is 0 Å². The molecule has 0 saturated carbocycles. The molecule has 0 aliphatic heterocycles. The predicted molar refractivity (Wildman–Crippen MR) is 111 cm³/mol. The van der Waals surface area contributed by atoms with Gasteiger partial charge in [0.2, 0.25) is 0 Å². The minimum absolute atomic E-state index is 0.102. The summed E-state index contributed by atoms with van der Waals surface area (Å²) in [6.45, 7) is 2.36. The Morgan fingerprint density at radius 2 is 1.54 bits per heavy atom. The van der Waals surface area contributed by atoms with E-state index in [-0.39, 0.29) is 18.3 Å². The molecule has 0 saturated heterocycles. The van der Waals surface area contributed by atoms with Crippen molar-refractivity contribution in [2.24, 2.45) is 0 Å². The molecule has 0 aliphatic carbocycles. The Labute approximate surface area is 167 Å². The van der Waals surface area contributed by atoms with E-state index in [9.17, 15) is 9.59 Å². The molecule has 0 amide bonds. The number of hydrogen-bond acceptors (Lipinski definition) is 4. The molecule has 2 aromatic carbocycles. The third-order valence-electron chi connectivity index (χ3n) is 4.13. The Kier molecular flexibility index (Phi) is 9.73. The van der Waals surface area contributed by atoms with Crippen molar-refractivity contribution < 1.29 is 19.1 Å². The molecule has 2 rings (SSSR count). The number of Topliss-reactive ketones (excluding diaryl/α,β-unsaturated/α-hetero) is 1. The fourth-order valence-electron chi connectivity index (χ4n) is 2.70. The number of rotatable bonds is 12. The first-order valence-electron chi connectivity index (χ1n) is 9.70. The maximum Gasteiger partial charge on any atom is 0.313 e. The van der Waals surface area contributed by atoms with Crippen molar-refractivity contribution in [3.8, 4) is 0 Å². The second kappa shape index (κ2) is 12.6. The van der Waals surface area contributed by atoms with E-state index in [1.54, 1.807) is 0 Å². The molecule has 0 bridgehead atoms. The van der Waals surface area contributed by atoms with Gasteiger partial charge in [-0.25, -0.2) is 0 Å². The van der Waals surface area contributed by atoms with Gasteiger partial charge in [0.05, 0.1) is 6.61 Å². The number of ether oxygens (including phenoxy) is 2. The van der Waals surface area contributed by atoms with Crippen LogP contribution in [-0.4, -0.2) is 25.0 Å². The zero-order valence-corrected chi connectivity index (χ0v) is 16.4. The maximum atomic E-state index is 11.3. The average Bonchev–Trinajstić information content (AvgIpc) is 2.70. The molecular weight excluding hydrogens is 352 g/mol. The van der Waals surface area contributed by atoms with E-state index in [2.05, 4.69) is 36.4 Å². The van der Waals surface area contributed by atoms with Crippen LogP contribution in [0.4, 0.5) is 0 Å². The molecule has 0 N–H and O–H groups in total. The van der Waals surface area contributed by atoms with Crippen LogP contribution in [0.3, 0.4) is 0 Å². The van der Waals surface area contributed by atoms with Gasteiger partial charge in [0.15, 0.2) is 0 Å². The van der Waals surface area contributed by atoms with Crippen LogP contribution >= 0.6 is 0 Å². The summed E-state index contributed by atoms with van der Waals surface area (Å²) in [6, 6.07) is 20.3. The lowest BCUT2D eigenvalue weighted by Gasteiger charge is -2.15. The molecule has 148 valence electrons. The molecule has 1 atom stereocenters. The van der Waals surface area contributed by atoms with Crippen LogP contribution in [0, 0.1) is 0 Å². The quantitative estimate of drug-likeness (QED) is 0.290. The minimum Gasteiger partial charge on any atom is -0.465 e. The third kappa shape index (κ3) is 8.78. The van der Waals surface area contributed by atoms with Gasteiger partial charge in [-0.3, -0.25) is 9.59 Å². The molecule has 0 aliphatic rings. The van der Waals surface area contributed by atoms with Crippen molar-refractivity contribution in [2.45, 2.75) is 38.7 Å². The van der Waals surface area contributed by atoms with E-state index in [0.29, 0.717) is 13.2 Å². The van der Waals surface area contributed by atoms with E-state index in [0.717, 1.165) is 30.4 Å². The highest BCUT2D eigenvalue weighted by atomic mass is 16.5. The molecule has 1 unspecified atom stereocenters. The van der Waals surface area contributed by atoms with Crippen LogP contribution in [-0.2, 0) is 19.1 Å². The topological polar surface area (TPSA) is 52.6 Å². The highest BCUT2D eigenvalue weighted by molar-refractivity contribution is 5.94. The maximum absolute atomic E-state index is 11.3. The summed E-state index contributed by atoms with van der Waals surface area (Å²) in [5, 5.41) is 0. The first-order valence-corrected chi connectivity index (χ1v) is 9.70. The minimum atomic E-state index is -0.445. The number of carbonyl (C=O) groups excluding carboxylic acids is 2. The lowest BCUT2D eigenvalue weighted by Crippen LogP contribution is -2.10. The van der Waals surface area contributed by atoms with E-state index in [4.69, 9.17) is 9.47 Å². The standard InChI is InChI=1S/C24H28O4/c1-20(25)19-24(26)28-18-10-4-9-17-27-23(22-13-7-3-8-14-22)16-15-21-11-5-2-6-12-21/h2-3,5-8,11-16,23H,4,9-10,17-19H2,1H3/b16-15+. The Bertz CT molecular complexity index is 738. The normalized spacial score (nSPS) is 12.0. The molecule has 2 aromatic rings. The molecular formula is C24H28O4. The Morgan fingerprint density at radius 3 is 2.21 bits per heavy atom. The molecule has 0 aromatic heterocycles. The second-order valence-electron chi connectivity index (χ2n) is 6.63. The Morgan fingerprint density at radius 1 is 0.893 bits per heavy atom. The number of hydrogen-bond donors (Lipinski definition) is 0. The SMILES string of the molecule is CC(=O)CC(=O)OCCCCCOC(/C=C/c1ccccc1)c1ccccc1. The van der Waals surface area contributed by atoms with Crippen LogP contribution < -0.4 is 0 Å². The highest BCUT2D eigenvalue weighted by Gasteiger charge is 2.08. The van der Waals surface area contributed by atoms with Crippen LogP contribution in [0.1, 0.15) is 49.8 Å². The van der Waals surface area contributed by atoms with Crippen LogP contribution in [0.5, 0.6) is 0 Å². The van der Waals surface area contributed by atoms with Crippen LogP contribution in [0.15, 0.2) is 66.7 Å². The summed E-state index contributed by atoms with van der Waals surface area (Å²) < 4.78 is 11.1. The first-order chi connectivity index (χ1) is 13.6. The lowest BCUT2D eigenvalue weighted by atomic mass is 10.1. The van der Waals surface area contributed by atoms with Crippen molar-refractivity contribution in [2.75, 3.05) is 13.2 Å². The summed E-state index contributed by atoms with van der Waals surface area (Å²) in [5.74, 6) is -0.618. The van der Waals surface area contributed by atoms with Gasteiger partial charge < -0.3 is 9.47 Å². The molecule has 28 heavy (non-hydrogen) atoms. The van der Waals surface area contributed by atoms with Gasteiger partial charge >= 0.3 is 5.97 Å². The van der Waals surface area contributed by atoms with Gasteiger partial charge in [-0.2, -0.15) is 0 Å². The fraction of sp³-hybridized carbons (Fsp3) is 0.333. The van der Waals surface area contributed by atoms with Crippen molar-refractivity contribution in [1.29, 1.82) is 0 Å². The Hall–Kier alpha value is -2.72. The monoisotopic (exact) mass is 380 g/mol.